The van der Waals surface area contributed by atoms with Crippen LogP contribution in [0, 0.1) is 19.7 Å². The number of aromatic nitrogens is 2. The van der Waals surface area contributed by atoms with E-state index in [-0.39, 0.29) is 5.82 Å². The smallest absolute Gasteiger partial charge is 0.139 e. The van der Waals surface area contributed by atoms with Gasteiger partial charge in [0.25, 0.3) is 0 Å². The summed E-state index contributed by atoms with van der Waals surface area (Å²) in [6, 6.07) is 5.08. The first-order valence-corrected chi connectivity index (χ1v) is 7.19. The second kappa shape index (κ2) is 6.52. The third-order valence-corrected chi connectivity index (χ3v) is 3.29. The van der Waals surface area contributed by atoms with E-state index in [0.29, 0.717) is 17.1 Å². The van der Waals surface area contributed by atoms with Crippen molar-refractivity contribution in [3.05, 3.63) is 41.0 Å². The maximum absolute atomic E-state index is 13.6. The van der Waals surface area contributed by atoms with E-state index in [2.05, 4.69) is 20.6 Å². The number of benzene rings is 1. The van der Waals surface area contributed by atoms with Gasteiger partial charge in [0.05, 0.1) is 0 Å². The molecule has 0 radical (unpaired) electrons. The maximum atomic E-state index is 13.6. The molecule has 0 spiro atoms. The van der Waals surface area contributed by atoms with E-state index in [0.717, 1.165) is 30.2 Å². The fourth-order valence-electron chi connectivity index (χ4n) is 1.99. The number of nitrogens with one attached hydrogen (secondary N) is 2. The summed E-state index contributed by atoms with van der Waals surface area (Å²) in [7, 11) is 0. The molecule has 0 atom stereocenters. The highest BCUT2D eigenvalue weighted by molar-refractivity contribution is 5.65. The number of aryl methyl sites for hydroxylation is 2. The van der Waals surface area contributed by atoms with E-state index in [1.54, 1.807) is 13.0 Å². The number of nitrogens with zero attached hydrogens (tertiary/aromatic N) is 2. The van der Waals surface area contributed by atoms with Crippen LogP contribution in [0.4, 0.5) is 21.7 Å². The minimum absolute atomic E-state index is 0.227. The number of hydrogen-bond acceptors (Lipinski definition) is 4. The molecule has 112 valence electrons. The molecule has 0 aliphatic carbocycles. The number of hydrogen-bond donors (Lipinski definition) is 2. The predicted molar refractivity (Wildman–Crippen MR) is 84.7 cm³/mol. The monoisotopic (exact) mass is 288 g/mol. The number of halogens is 1. The van der Waals surface area contributed by atoms with Crippen molar-refractivity contribution in [2.45, 2.75) is 34.1 Å². The van der Waals surface area contributed by atoms with Crippen molar-refractivity contribution in [3.63, 3.8) is 0 Å². The first-order chi connectivity index (χ1) is 10.0. The topological polar surface area (TPSA) is 49.8 Å². The molecule has 0 aliphatic rings. The van der Waals surface area contributed by atoms with Gasteiger partial charge in [-0.15, -0.1) is 0 Å². The Labute approximate surface area is 124 Å². The van der Waals surface area contributed by atoms with Gasteiger partial charge in [-0.2, -0.15) is 0 Å². The largest absolute Gasteiger partial charge is 0.370 e. The molecule has 2 aromatic rings. The molecular weight excluding hydrogens is 267 g/mol. The zero-order valence-electron chi connectivity index (χ0n) is 12.9. The molecule has 0 amide bonds. The Morgan fingerprint density at radius 1 is 1.10 bits per heavy atom. The van der Waals surface area contributed by atoms with Crippen molar-refractivity contribution in [1.29, 1.82) is 0 Å². The molecule has 1 aromatic heterocycles. The van der Waals surface area contributed by atoms with Crippen molar-refractivity contribution in [1.82, 2.24) is 9.97 Å². The summed E-state index contributed by atoms with van der Waals surface area (Å²) in [5, 5.41) is 6.41. The fraction of sp³-hybridized carbons (Fsp3) is 0.375. The average molecular weight is 288 g/mol. The predicted octanol–water partition coefficient (Wildman–Crippen LogP) is 3.97. The Hall–Kier alpha value is -2.17. The molecule has 0 unspecified atom stereocenters. The van der Waals surface area contributed by atoms with Crippen molar-refractivity contribution < 1.29 is 4.39 Å². The van der Waals surface area contributed by atoms with Gasteiger partial charge in [0.1, 0.15) is 23.3 Å². The second-order valence-corrected chi connectivity index (χ2v) is 4.93. The van der Waals surface area contributed by atoms with E-state index >= 15 is 0 Å². The molecule has 1 aromatic carbocycles. The Kier molecular flexibility index (Phi) is 4.73. The van der Waals surface area contributed by atoms with Crippen LogP contribution < -0.4 is 10.6 Å². The Morgan fingerprint density at radius 3 is 2.43 bits per heavy atom. The first-order valence-electron chi connectivity index (χ1n) is 7.19. The van der Waals surface area contributed by atoms with Crippen LogP contribution in [-0.4, -0.2) is 16.5 Å². The average Bonchev–Trinajstić information content (AvgIpc) is 2.47. The van der Waals surface area contributed by atoms with Crippen molar-refractivity contribution in [2.24, 2.45) is 0 Å². The van der Waals surface area contributed by atoms with Gasteiger partial charge >= 0.3 is 0 Å². The Morgan fingerprint density at radius 2 is 1.81 bits per heavy atom. The normalized spacial score (nSPS) is 10.5. The fourth-order valence-corrected chi connectivity index (χ4v) is 1.99. The third-order valence-electron chi connectivity index (χ3n) is 3.29. The van der Waals surface area contributed by atoms with Gasteiger partial charge in [-0.05, 0) is 38.5 Å². The summed E-state index contributed by atoms with van der Waals surface area (Å²) in [6.45, 7) is 8.52. The van der Waals surface area contributed by atoms with Crippen LogP contribution in [-0.2, 0) is 6.42 Å². The number of anilines is 3. The summed E-state index contributed by atoms with van der Waals surface area (Å²) in [4.78, 5) is 8.97. The molecule has 21 heavy (non-hydrogen) atoms. The van der Waals surface area contributed by atoms with Gasteiger partial charge in [-0.1, -0.05) is 13.0 Å². The van der Waals surface area contributed by atoms with E-state index < -0.39 is 0 Å². The summed E-state index contributed by atoms with van der Waals surface area (Å²) < 4.78 is 13.6. The molecule has 0 bridgehead atoms. The lowest BCUT2D eigenvalue weighted by atomic mass is 10.2. The van der Waals surface area contributed by atoms with Gasteiger partial charge in [-0.25, -0.2) is 14.4 Å². The highest BCUT2D eigenvalue weighted by atomic mass is 19.1. The van der Waals surface area contributed by atoms with Gasteiger partial charge < -0.3 is 10.6 Å². The molecule has 4 nitrogen and oxygen atoms in total. The molecule has 0 fully saturated rings. The lowest BCUT2D eigenvalue weighted by Gasteiger charge is -2.14. The molecule has 5 heteroatoms. The van der Waals surface area contributed by atoms with E-state index in [9.17, 15) is 4.39 Å². The minimum Gasteiger partial charge on any atom is -0.370 e. The lowest BCUT2D eigenvalue weighted by molar-refractivity contribution is 0.619. The van der Waals surface area contributed by atoms with Crippen LogP contribution in [0.1, 0.15) is 30.8 Å². The van der Waals surface area contributed by atoms with Crippen LogP contribution in [0.15, 0.2) is 18.2 Å². The van der Waals surface area contributed by atoms with Gasteiger partial charge in [-0.3, -0.25) is 0 Å². The van der Waals surface area contributed by atoms with Crippen LogP contribution in [0.3, 0.4) is 0 Å². The molecule has 0 saturated heterocycles. The highest BCUT2D eigenvalue weighted by Crippen LogP contribution is 2.24. The van der Waals surface area contributed by atoms with Crippen LogP contribution in [0.5, 0.6) is 0 Å². The minimum atomic E-state index is -0.227. The van der Waals surface area contributed by atoms with Gasteiger partial charge in [0.2, 0.25) is 0 Å². The van der Waals surface area contributed by atoms with Crippen LogP contribution in [0.2, 0.25) is 0 Å². The summed E-state index contributed by atoms with van der Waals surface area (Å²) >= 11 is 0. The number of rotatable bonds is 5. The molecule has 0 aliphatic heterocycles. The van der Waals surface area contributed by atoms with E-state index in [1.807, 2.05) is 26.8 Å². The van der Waals surface area contributed by atoms with Gasteiger partial charge in [0.15, 0.2) is 0 Å². The molecule has 0 saturated carbocycles. The van der Waals surface area contributed by atoms with Gasteiger partial charge in [0, 0.05) is 24.2 Å². The summed E-state index contributed by atoms with van der Waals surface area (Å²) in [5.74, 6) is 2.06. The van der Waals surface area contributed by atoms with Crippen molar-refractivity contribution in [2.75, 3.05) is 17.2 Å². The Balaban J connectivity index is 2.37. The Bertz CT molecular complexity index is 640. The molecule has 2 rings (SSSR count). The second-order valence-electron chi connectivity index (χ2n) is 4.93. The van der Waals surface area contributed by atoms with E-state index in [4.69, 9.17) is 0 Å². The molecular formula is C16H21FN4. The summed E-state index contributed by atoms with van der Waals surface area (Å²) in [6.07, 6.45) is 0.746. The standard InChI is InChI=1S/C16H21FN4/c1-5-14-20-15(18-6-2)11(4)16(21-14)19-12-8-7-10(3)13(17)9-12/h7-9H,5-6H2,1-4H3,(H2,18,19,20,21). The third kappa shape index (κ3) is 3.48. The highest BCUT2D eigenvalue weighted by Gasteiger charge is 2.10. The van der Waals surface area contributed by atoms with Crippen LogP contribution in [0.25, 0.3) is 0 Å². The maximum Gasteiger partial charge on any atom is 0.139 e. The SMILES string of the molecule is CCNc1nc(CC)nc(Nc2ccc(C)c(F)c2)c1C. The van der Waals surface area contributed by atoms with Crippen LogP contribution >= 0.6 is 0 Å². The van der Waals surface area contributed by atoms with E-state index in [1.165, 1.54) is 6.07 Å². The zero-order chi connectivity index (χ0) is 15.4. The van der Waals surface area contributed by atoms with Crippen molar-refractivity contribution in [3.8, 4) is 0 Å². The zero-order valence-corrected chi connectivity index (χ0v) is 12.9. The molecule has 2 N–H and O–H groups in total. The lowest BCUT2D eigenvalue weighted by Crippen LogP contribution is -2.09. The van der Waals surface area contributed by atoms with Crippen molar-refractivity contribution >= 4 is 17.3 Å². The first kappa shape index (κ1) is 15.2. The molecule has 1 heterocycles. The summed E-state index contributed by atoms with van der Waals surface area (Å²) in [5.41, 5.74) is 2.24. The quantitative estimate of drug-likeness (QED) is 0.874.